The van der Waals surface area contributed by atoms with Crippen molar-refractivity contribution < 1.29 is 9.84 Å². The Labute approximate surface area is 128 Å². The summed E-state index contributed by atoms with van der Waals surface area (Å²) in [7, 11) is 0. The number of rotatable bonds is 8. The van der Waals surface area contributed by atoms with Crippen molar-refractivity contribution in [2.45, 2.75) is 6.42 Å². The fourth-order valence-corrected chi connectivity index (χ4v) is 2.65. The first kappa shape index (κ1) is 16.1. The van der Waals surface area contributed by atoms with Crippen molar-refractivity contribution in [3.63, 3.8) is 0 Å². The van der Waals surface area contributed by atoms with Crippen LogP contribution in [0, 0.1) is 0 Å². The van der Waals surface area contributed by atoms with E-state index in [1.807, 2.05) is 4.90 Å². The zero-order chi connectivity index (χ0) is 14.9. The second-order valence-corrected chi connectivity index (χ2v) is 5.76. The topological polar surface area (TPSA) is 109 Å². The minimum absolute atomic E-state index is 0.224. The molecule has 1 aliphatic rings. The molecule has 0 unspecified atom stereocenters. The van der Waals surface area contributed by atoms with E-state index in [0.717, 1.165) is 37.6 Å². The number of nitrogens with two attached hydrogens (primary N) is 1. The van der Waals surface area contributed by atoms with Gasteiger partial charge in [-0.3, -0.25) is 0 Å². The molecule has 1 saturated heterocycles. The number of hydrogen-bond acceptors (Lipinski definition) is 9. The van der Waals surface area contributed by atoms with E-state index in [4.69, 9.17) is 15.6 Å². The van der Waals surface area contributed by atoms with Gasteiger partial charge in [-0.1, -0.05) is 0 Å². The van der Waals surface area contributed by atoms with Crippen LogP contribution in [0.4, 0.5) is 17.8 Å². The summed E-state index contributed by atoms with van der Waals surface area (Å²) in [5.41, 5.74) is 5.74. The molecule has 8 nitrogen and oxygen atoms in total. The van der Waals surface area contributed by atoms with Crippen molar-refractivity contribution in [1.29, 1.82) is 0 Å². The lowest BCUT2D eigenvalue weighted by Crippen LogP contribution is -2.37. The molecule has 0 bridgehead atoms. The van der Waals surface area contributed by atoms with Crippen molar-refractivity contribution >= 4 is 29.6 Å². The second kappa shape index (κ2) is 8.85. The molecule has 0 amide bonds. The van der Waals surface area contributed by atoms with Crippen molar-refractivity contribution in [1.82, 2.24) is 15.0 Å². The molecule has 2 heterocycles. The summed E-state index contributed by atoms with van der Waals surface area (Å²) in [5.74, 6) is 3.21. The van der Waals surface area contributed by atoms with Crippen LogP contribution in [-0.2, 0) is 4.74 Å². The molecule has 0 saturated carbocycles. The summed E-state index contributed by atoms with van der Waals surface area (Å²) < 4.78 is 5.31. The number of ether oxygens (including phenoxy) is 1. The molecule has 1 aliphatic heterocycles. The van der Waals surface area contributed by atoms with Crippen LogP contribution >= 0.6 is 11.8 Å². The monoisotopic (exact) mass is 314 g/mol. The SMILES string of the molecule is Nc1nc(NCCSCCCO)nc(N2CCOCC2)n1. The molecule has 0 radical (unpaired) electrons. The highest BCUT2D eigenvalue weighted by atomic mass is 32.2. The number of morpholine rings is 1. The van der Waals surface area contributed by atoms with E-state index in [2.05, 4.69) is 20.3 Å². The average Bonchev–Trinajstić information content (AvgIpc) is 2.51. The van der Waals surface area contributed by atoms with Gasteiger partial charge in [-0.25, -0.2) is 0 Å². The second-order valence-electron chi connectivity index (χ2n) is 4.53. The summed E-state index contributed by atoms with van der Waals surface area (Å²) in [5, 5.41) is 11.9. The molecular weight excluding hydrogens is 292 g/mol. The van der Waals surface area contributed by atoms with Gasteiger partial charge in [0.15, 0.2) is 0 Å². The van der Waals surface area contributed by atoms with E-state index in [9.17, 15) is 0 Å². The normalized spacial score (nSPS) is 15.2. The molecule has 0 atom stereocenters. The molecule has 21 heavy (non-hydrogen) atoms. The summed E-state index contributed by atoms with van der Waals surface area (Å²) in [6.07, 6.45) is 0.824. The van der Waals surface area contributed by atoms with Gasteiger partial charge in [-0.05, 0) is 12.2 Å². The maximum atomic E-state index is 8.70. The number of hydrogen-bond donors (Lipinski definition) is 3. The highest BCUT2D eigenvalue weighted by molar-refractivity contribution is 7.99. The molecule has 0 aromatic carbocycles. The molecule has 9 heteroatoms. The largest absolute Gasteiger partial charge is 0.396 e. The highest BCUT2D eigenvalue weighted by Gasteiger charge is 2.15. The summed E-state index contributed by atoms with van der Waals surface area (Å²) in [6.45, 7) is 3.88. The molecule has 1 fully saturated rings. The molecule has 118 valence electrons. The standard InChI is InChI=1S/C12H22N6O2S/c13-10-15-11(14-2-9-21-8-1-5-19)17-12(16-10)18-3-6-20-7-4-18/h19H,1-9H2,(H3,13,14,15,16,17). The Kier molecular flexibility index (Phi) is 6.77. The molecule has 0 spiro atoms. The van der Waals surface area contributed by atoms with Crippen LogP contribution in [0.25, 0.3) is 0 Å². The van der Waals surface area contributed by atoms with Gasteiger partial charge in [0.1, 0.15) is 0 Å². The predicted molar refractivity (Wildman–Crippen MR) is 84.8 cm³/mol. The number of thioether (sulfide) groups is 1. The first-order chi connectivity index (χ1) is 10.3. The first-order valence-electron chi connectivity index (χ1n) is 7.06. The zero-order valence-corrected chi connectivity index (χ0v) is 12.8. The molecule has 1 aromatic heterocycles. The number of nitrogens with one attached hydrogen (secondary N) is 1. The third-order valence-electron chi connectivity index (χ3n) is 2.91. The number of nitrogen functional groups attached to an aromatic ring is 1. The number of aliphatic hydroxyl groups is 1. The smallest absolute Gasteiger partial charge is 0.232 e. The van der Waals surface area contributed by atoms with Crippen molar-refractivity contribution in [2.24, 2.45) is 0 Å². The van der Waals surface area contributed by atoms with Gasteiger partial charge >= 0.3 is 0 Å². The highest BCUT2D eigenvalue weighted by Crippen LogP contribution is 2.13. The zero-order valence-electron chi connectivity index (χ0n) is 12.0. The van der Waals surface area contributed by atoms with E-state index in [1.165, 1.54) is 0 Å². The van der Waals surface area contributed by atoms with Crippen LogP contribution < -0.4 is 16.0 Å². The van der Waals surface area contributed by atoms with Gasteiger partial charge in [-0.15, -0.1) is 0 Å². The van der Waals surface area contributed by atoms with E-state index in [-0.39, 0.29) is 12.6 Å². The maximum Gasteiger partial charge on any atom is 0.232 e. The predicted octanol–water partition coefficient (Wildman–Crippen LogP) is -0.182. The van der Waals surface area contributed by atoms with Gasteiger partial charge in [-0.2, -0.15) is 26.7 Å². The lowest BCUT2D eigenvalue weighted by atomic mass is 10.4. The summed E-state index contributed by atoms with van der Waals surface area (Å²) in [6, 6.07) is 0. The van der Waals surface area contributed by atoms with E-state index >= 15 is 0 Å². The van der Waals surface area contributed by atoms with E-state index in [0.29, 0.717) is 25.1 Å². The number of nitrogens with zero attached hydrogens (tertiary/aromatic N) is 4. The van der Waals surface area contributed by atoms with E-state index in [1.54, 1.807) is 11.8 Å². The van der Waals surface area contributed by atoms with Crippen molar-refractivity contribution in [3.8, 4) is 0 Å². The first-order valence-corrected chi connectivity index (χ1v) is 8.22. The Morgan fingerprint density at radius 2 is 2.05 bits per heavy atom. The minimum atomic E-state index is 0.224. The minimum Gasteiger partial charge on any atom is -0.396 e. The summed E-state index contributed by atoms with van der Waals surface area (Å²) >= 11 is 1.78. The van der Waals surface area contributed by atoms with E-state index < -0.39 is 0 Å². The van der Waals surface area contributed by atoms with Gasteiger partial charge < -0.3 is 25.8 Å². The van der Waals surface area contributed by atoms with Crippen LogP contribution in [0.1, 0.15) is 6.42 Å². The third kappa shape index (κ3) is 5.52. The van der Waals surface area contributed by atoms with Crippen LogP contribution in [0.15, 0.2) is 0 Å². The van der Waals surface area contributed by atoms with Gasteiger partial charge in [0.2, 0.25) is 17.8 Å². The Morgan fingerprint density at radius 3 is 2.81 bits per heavy atom. The van der Waals surface area contributed by atoms with Gasteiger partial charge in [0.05, 0.1) is 13.2 Å². The lowest BCUT2D eigenvalue weighted by molar-refractivity contribution is 0.122. The molecule has 2 rings (SSSR count). The van der Waals surface area contributed by atoms with Crippen LogP contribution in [-0.4, -0.2) is 71.0 Å². The average molecular weight is 314 g/mol. The molecular formula is C12H22N6O2S. The van der Waals surface area contributed by atoms with Crippen LogP contribution in [0.3, 0.4) is 0 Å². The fourth-order valence-electron chi connectivity index (χ4n) is 1.87. The third-order valence-corrected chi connectivity index (χ3v) is 3.98. The van der Waals surface area contributed by atoms with Gasteiger partial charge in [0.25, 0.3) is 0 Å². The Balaban J connectivity index is 1.83. The lowest BCUT2D eigenvalue weighted by Gasteiger charge is -2.26. The Hall–Kier alpha value is -1.32. The Morgan fingerprint density at radius 1 is 1.24 bits per heavy atom. The molecule has 4 N–H and O–H groups in total. The van der Waals surface area contributed by atoms with Crippen molar-refractivity contribution in [2.75, 3.05) is 66.9 Å². The van der Waals surface area contributed by atoms with Crippen molar-refractivity contribution in [3.05, 3.63) is 0 Å². The summed E-state index contributed by atoms with van der Waals surface area (Å²) in [4.78, 5) is 14.7. The Bertz CT molecular complexity index is 430. The quantitative estimate of drug-likeness (QED) is 0.563. The van der Waals surface area contributed by atoms with Crippen LogP contribution in [0.5, 0.6) is 0 Å². The number of anilines is 3. The number of aromatic nitrogens is 3. The number of aliphatic hydroxyl groups excluding tert-OH is 1. The maximum absolute atomic E-state index is 8.70. The fraction of sp³-hybridized carbons (Fsp3) is 0.750. The molecule has 0 aliphatic carbocycles. The molecule has 1 aromatic rings. The van der Waals surface area contributed by atoms with Gasteiger partial charge in [0, 0.05) is 32.0 Å². The van der Waals surface area contributed by atoms with Crippen LogP contribution in [0.2, 0.25) is 0 Å².